The Morgan fingerprint density at radius 1 is 1.35 bits per heavy atom. The Balaban J connectivity index is 2.36. The summed E-state index contributed by atoms with van der Waals surface area (Å²) in [6, 6.07) is 8.37. The van der Waals surface area contributed by atoms with Crippen LogP contribution in [0.4, 0.5) is 5.69 Å². The molecule has 1 unspecified atom stereocenters. The lowest BCUT2D eigenvalue weighted by atomic mass is 10.0. The summed E-state index contributed by atoms with van der Waals surface area (Å²) in [5.74, 6) is 0. The number of benzene rings is 1. The number of aliphatic hydroxyl groups is 1. The maximum absolute atomic E-state index is 9.94. The number of hydrogen-bond donors (Lipinski definition) is 2. The van der Waals surface area contributed by atoms with E-state index in [0.717, 1.165) is 6.54 Å². The predicted molar refractivity (Wildman–Crippen MR) is 71.5 cm³/mol. The lowest BCUT2D eigenvalue weighted by Gasteiger charge is -2.40. The molecule has 1 aromatic rings. The van der Waals surface area contributed by atoms with Gasteiger partial charge in [0.05, 0.1) is 6.10 Å². The third-order valence-electron chi connectivity index (χ3n) is 3.47. The molecule has 2 N–H and O–H groups in total. The van der Waals surface area contributed by atoms with Gasteiger partial charge in [-0.15, -0.1) is 0 Å². The molecule has 0 amide bonds. The minimum Gasteiger partial charge on any atom is -0.390 e. The standard InChI is InChI=1S/C14H22N2O/c1-11-6-4-5-7-13(11)16-9-12(17)8-15-10-14(16,2)3/h4-7,12,15,17H,8-10H2,1-3H3. The summed E-state index contributed by atoms with van der Waals surface area (Å²) < 4.78 is 0. The number of aryl methyl sites for hydroxylation is 1. The van der Waals surface area contributed by atoms with E-state index in [1.54, 1.807) is 0 Å². The Kier molecular flexibility index (Phi) is 3.40. The topological polar surface area (TPSA) is 35.5 Å². The predicted octanol–water partition coefficient (Wildman–Crippen LogP) is 1.54. The monoisotopic (exact) mass is 234 g/mol. The van der Waals surface area contributed by atoms with Gasteiger partial charge in [-0.2, -0.15) is 0 Å². The third kappa shape index (κ3) is 2.61. The van der Waals surface area contributed by atoms with Crippen molar-refractivity contribution in [2.75, 3.05) is 24.5 Å². The summed E-state index contributed by atoms with van der Waals surface area (Å²) in [5.41, 5.74) is 2.50. The van der Waals surface area contributed by atoms with Crippen molar-refractivity contribution in [2.45, 2.75) is 32.4 Å². The molecule has 1 heterocycles. The van der Waals surface area contributed by atoms with Crippen LogP contribution >= 0.6 is 0 Å². The maximum Gasteiger partial charge on any atom is 0.0839 e. The van der Waals surface area contributed by atoms with Crippen LogP contribution in [0.5, 0.6) is 0 Å². The number of hydrogen-bond acceptors (Lipinski definition) is 3. The van der Waals surface area contributed by atoms with E-state index < -0.39 is 0 Å². The molecule has 1 atom stereocenters. The van der Waals surface area contributed by atoms with E-state index in [4.69, 9.17) is 0 Å². The second-order valence-electron chi connectivity index (χ2n) is 5.49. The second kappa shape index (κ2) is 4.67. The first kappa shape index (κ1) is 12.4. The van der Waals surface area contributed by atoms with Crippen molar-refractivity contribution in [1.82, 2.24) is 5.32 Å². The van der Waals surface area contributed by atoms with Crippen molar-refractivity contribution < 1.29 is 5.11 Å². The summed E-state index contributed by atoms with van der Waals surface area (Å²) in [6.45, 7) is 8.79. The molecule has 1 aromatic carbocycles. The highest BCUT2D eigenvalue weighted by atomic mass is 16.3. The Bertz CT molecular complexity index is 390. The minimum atomic E-state index is -0.309. The molecule has 0 aliphatic carbocycles. The van der Waals surface area contributed by atoms with Crippen LogP contribution in [-0.4, -0.2) is 36.4 Å². The van der Waals surface area contributed by atoms with Crippen LogP contribution in [0.25, 0.3) is 0 Å². The molecule has 0 aromatic heterocycles. The first-order valence-electron chi connectivity index (χ1n) is 6.23. The first-order chi connectivity index (χ1) is 8.00. The van der Waals surface area contributed by atoms with Crippen molar-refractivity contribution in [3.05, 3.63) is 29.8 Å². The van der Waals surface area contributed by atoms with E-state index >= 15 is 0 Å². The molecule has 94 valence electrons. The molecular weight excluding hydrogens is 212 g/mol. The third-order valence-corrected chi connectivity index (χ3v) is 3.47. The van der Waals surface area contributed by atoms with Crippen LogP contribution in [-0.2, 0) is 0 Å². The average Bonchev–Trinajstić information content (AvgIpc) is 2.38. The summed E-state index contributed by atoms with van der Waals surface area (Å²) in [4.78, 5) is 2.31. The highest BCUT2D eigenvalue weighted by molar-refractivity contribution is 5.55. The van der Waals surface area contributed by atoms with Gasteiger partial charge in [-0.1, -0.05) is 18.2 Å². The van der Waals surface area contributed by atoms with E-state index in [9.17, 15) is 5.11 Å². The van der Waals surface area contributed by atoms with Crippen LogP contribution in [0.3, 0.4) is 0 Å². The summed E-state index contributed by atoms with van der Waals surface area (Å²) in [6.07, 6.45) is -0.309. The van der Waals surface area contributed by atoms with Gasteiger partial charge in [0.15, 0.2) is 0 Å². The van der Waals surface area contributed by atoms with E-state index in [1.807, 2.05) is 0 Å². The van der Waals surface area contributed by atoms with Gasteiger partial charge in [-0.25, -0.2) is 0 Å². The minimum absolute atomic E-state index is 0.0175. The van der Waals surface area contributed by atoms with Gasteiger partial charge < -0.3 is 15.3 Å². The molecule has 0 saturated carbocycles. The first-order valence-corrected chi connectivity index (χ1v) is 6.23. The molecule has 1 aliphatic rings. The molecule has 1 aliphatic heterocycles. The van der Waals surface area contributed by atoms with Crippen LogP contribution in [0.2, 0.25) is 0 Å². The molecule has 2 rings (SSSR count). The van der Waals surface area contributed by atoms with E-state index in [-0.39, 0.29) is 11.6 Å². The van der Waals surface area contributed by atoms with Gasteiger partial charge in [0, 0.05) is 30.9 Å². The molecule has 0 radical (unpaired) electrons. The van der Waals surface area contributed by atoms with Gasteiger partial charge in [0.2, 0.25) is 0 Å². The largest absolute Gasteiger partial charge is 0.390 e. The van der Waals surface area contributed by atoms with Gasteiger partial charge in [-0.05, 0) is 32.4 Å². The molecule has 3 nitrogen and oxygen atoms in total. The SMILES string of the molecule is Cc1ccccc1N1CC(O)CNCC1(C)C. The van der Waals surface area contributed by atoms with Crippen LogP contribution in [0, 0.1) is 6.92 Å². The molecular formula is C14H22N2O. The van der Waals surface area contributed by atoms with Crippen LogP contribution < -0.4 is 10.2 Å². The highest BCUT2D eigenvalue weighted by Gasteiger charge is 2.31. The average molecular weight is 234 g/mol. The normalized spacial score (nSPS) is 24.5. The fourth-order valence-corrected chi connectivity index (χ4v) is 2.45. The zero-order valence-corrected chi connectivity index (χ0v) is 10.9. The lowest BCUT2D eigenvalue weighted by Crippen LogP contribution is -2.49. The number of β-amino-alcohol motifs (C(OH)–C–C–N with tert-alkyl or cyclic N) is 1. The summed E-state index contributed by atoms with van der Waals surface area (Å²) in [7, 11) is 0. The Labute approximate surface area is 103 Å². The van der Waals surface area contributed by atoms with Crippen molar-refractivity contribution in [3.63, 3.8) is 0 Å². The molecule has 1 saturated heterocycles. The van der Waals surface area contributed by atoms with Gasteiger partial charge in [0.25, 0.3) is 0 Å². The zero-order chi connectivity index (χ0) is 12.5. The van der Waals surface area contributed by atoms with Crippen LogP contribution in [0.1, 0.15) is 19.4 Å². The van der Waals surface area contributed by atoms with Crippen molar-refractivity contribution in [1.29, 1.82) is 0 Å². The second-order valence-corrected chi connectivity index (χ2v) is 5.49. The number of para-hydroxylation sites is 1. The van der Waals surface area contributed by atoms with Gasteiger partial charge in [0.1, 0.15) is 0 Å². The summed E-state index contributed by atoms with van der Waals surface area (Å²) in [5, 5.41) is 13.3. The van der Waals surface area contributed by atoms with E-state index in [1.165, 1.54) is 11.3 Å². The lowest BCUT2D eigenvalue weighted by molar-refractivity contribution is 0.183. The van der Waals surface area contributed by atoms with Gasteiger partial charge in [-0.3, -0.25) is 0 Å². The molecule has 17 heavy (non-hydrogen) atoms. The molecule has 0 spiro atoms. The molecule has 1 fully saturated rings. The van der Waals surface area contributed by atoms with Crippen molar-refractivity contribution >= 4 is 5.69 Å². The zero-order valence-electron chi connectivity index (χ0n) is 10.9. The smallest absolute Gasteiger partial charge is 0.0839 e. The van der Waals surface area contributed by atoms with Gasteiger partial charge >= 0.3 is 0 Å². The number of nitrogens with one attached hydrogen (secondary N) is 1. The number of anilines is 1. The fraction of sp³-hybridized carbons (Fsp3) is 0.571. The number of aliphatic hydroxyl groups excluding tert-OH is 1. The Morgan fingerprint density at radius 2 is 2.06 bits per heavy atom. The summed E-state index contributed by atoms with van der Waals surface area (Å²) >= 11 is 0. The fourth-order valence-electron chi connectivity index (χ4n) is 2.45. The molecule has 0 bridgehead atoms. The highest BCUT2D eigenvalue weighted by Crippen LogP contribution is 2.28. The van der Waals surface area contributed by atoms with Crippen molar-refractivity contribution in [2.24, 2.45) is 0 Å². The molecule has 3 heteroatoms. The van der Waals surface area contributed by atoms with E-state index in [2.05, 4.69) is 55.3 Å². The van der Waals surface area contributed by atoms with Crippen molar-refractivity contribution in [3.8, 4) is 0 Å². The van der Waals surface area contributed by atoms with E-state index in [0.29, 0.717) is 13.1 Å². The quantitative estimate of drug-likeness (QED) is 0.774. The van der Waals surface area contributed by atoms with Crippen LogP contribution in [0.15, 0.2) is 24.3 Å². The maximum atomic E-state index is 9.94. The Hall–Kier alpha value is -1.06. The Morgan fingerprint density at radius 3 is 2.76 bits per heavy atom. The number of rotatable bonds is 1. The number of nitrogens with zero attached hydrogens (tertiary/aromatic N) is 1.